The molecule has 1 unspecified atom stereocenters. The van der Waals surface area contributed by atoms with E-state index in [9.17, 15) is 0 Å². The average molecular weight is 284 g/mol. The van der Waals surface area contributed by atoms with Crippen molar-refractivity contribution in [3.63, 3.8) is 0 Å². The lowest BCUT2D eigenvalue weighted by atomic mass is 10.0. The van der Waals surface area contributed by atoms with Gasteiger partial charge in [-0.3, -0.25) is 4.99 Å². The molecule has 0 aromatic carbocycles. The SMILES string of the molecule is CCCCN(C)CCNC(=NC)NCC1(C)CCCO1. The number of likely N-dealkylation sites (N-methyl/N-ethyl adjacent to an activating group) is 1. The molecule has 1 aliphatic rings. The Morgan fingerprint density at radius 1 is 1.35 bits per heavy atom. The maximum Gasteiger partial charge on any atom is 0.191 e. The summed E-state index contributed by atoms with van der Waals surface area (Å²) in [4.78, 5) is 6.61. The van der Waals surface area contributed by atoms with Gasteiger partial charge in [-0.1, -0.05) is 13.3 Å². The van der Waals surface area contributed by atoms with E-state index in [1.807, 2.05) is 7.05 Å². The van der Waals surface area contributed by atoms with Crippen LogP contribution in [0.25, 0.3) is 0 Å². The zero-order valence-corrected chi connectivity index (χ0v) is 13.7. The number of guanidine groups is 1. The molecule has 0 bridgehead atoms. The summed E-state index contributed by atoms with van der Waals surface area (Å²) in [5.74, 6) is 0.866. The van der Waals surface area contributed by atoms with E-state index in [2.05, 4.69) is 41.4 Å². The number of hydrogen-bond acceptors (Lipinski definition) is 3. The fourth-order valence-electron chi connectivity index (χ4n) is 2.37. The smallest absolute Gasteiger partial charge is 0.191 e. The van der Waals surface area contributed by atoms with E-state index >= 15 is 0 Å². The van der Waals surface area contributed by atoms with Crippen molar-refractivity contribution in [2.45, 2.75) is 45.1 Å². The van der Waals surface area contributed by atoms with Gasteiger partial charge in [-0.15, -0.1) is 0 Å². The van der Waals surface area contributed by atoms with Crippen LogP contribution in [-0.2, 0) is 4.74 Å². The molecular weight excluding hydrogens is 252 g/mol. The van der Waals surface area contributed by atoms with E-state index < -0.39 is 0 Å². The average Bonchev–Trinajstić information content (AvgIpc) is 2.87. The summed E-state index contributed by atoms with van der Waals surface area (Å²) < 4.78 is 5.77. The van der Waals surface area contributed by atoms with Crippen molar-refractivity contribution in [3.05, 3.63) is 0 Å². The maximum atomic E-state index is 5.77. The van der Waals surface area contributed by atoms with Gasteiger partial charge in [0.05, 0.1) is 5.60 Å². The van der Waals surface area contributed by atoms with Crippen molar-refractivity contribution in [2.75, 3.05) is 46.9 Å². The van der Waals surface area contributed by atoms with E-state index in [-0.39, 0.29) is 5.60 Å². The van der Waals surface area contributed by atoms with Crippen molar-refractivity contribution in [3.8, 4) is 0 Å². The summed E-state index contributed by atoms with van der Waals surface area (Å²) in [5, 5.41) is 6.72. The lowest BCUT2D eigenvalue weighted by molar-refractivity contribution is 0.0243. The Kier molecular flexibility index (Phi) is 7.92. The Balaban J connectivity index is 2.16. The number of hydrogen-bond donors (Lipinski definition) is 2. The van der Waals surface area contributed by atoms with Gasteiger partial charge >= 0.3 is 0 Å². The number of nitrogens with one attached hydrogen (secondary N) is 2. The first-order valence-corrected chi connectivity index (χ1v) is 7.86. The van der Waals surface area contributed by atoms with Gasteiger partial charge in [0.25, 0.3) is 0 Å². The summed E-state index contributed by atoms with van der Waals surface area (Å²) in [6.07, 6.45) is 4.79. The van der Waals surface area contributed by atoms with E-state index in [0.717, 1.165) is 51.6 Å². The lowest BCUT2D eigenvalue weighted by Crippen LogP contribution is -2.46. The number of ether oxygens (including phenoxy) is 1. The van der Waals surface area contributed by atoms with Crippen LogP contribution in [-0.4, -0.2) is 63.3 Å². The normalized spacial score (nSPS) is 23.4. The van der Waals surface area contributed by atoms with E-state index in [4.69, 9.17) is 4.74 Å². The molecule has 1 fully saturated rings. The predicted octanol–water partition coefficient (Wildman–Crippen LogP) is 1.45. The van der Waals surface area contributed by atoms with Crippen molar-refractivity contribution < 1.29 is 4.74 Å². The fraction of sp³-hybridized carbons (Fsp3) is 0.933. The summed E-state index contributed by atoms with van der Waals surface area (Å²) in [5.41, 5.74) is -0.0322. The summed E-state index contributed by atoms with van der Waals surface area (Å²) in [7, 11) is 3.98. The Hall–Kier alpha value is -0.810. The van der Waals surface area contributed by atoms with E-state index in [1.54, 1.807) is 0 Å². The van der Waals surface area contributed by atoms with Crippen molar-refractivity contribution in [2.24, 2.45) is 4.99 Å². The number of unbranched alkanes of at least 4 members (excludes halogenated alkanes) is 1. The molecule has 0 radical (unpaired) electrons. The molecule has 20 heavy (non-hydrogen) atoms. The van der Waals surface area contributed by atoms with Crippen LogP contribution in [0.3, 0.4) is 0 Å². The molecule has 1 atom stereocenters. The molecular formula is C15H32N4O. The topological polar surface area (TPSA) is 48.9 Å². The first-order valence-electron chi connectivity index (χ1n) is 7.86. The molecule has 0 amide bonds. The second-order valence-electron chi connectivity index (χ2n) is 5.91. The fourth-order valence-corrected chi connectivity index (χ4v) is 2.37. The lowest BCUT2D eigenvalue weighted by Gasteiger charge is -2.25. The first kappa shape index (κ1) is 17.2. The van der Waals surface area contributed by atoms with Gasteiger partial charge in [-0.05, 0) is 39.8 Å². The van der Waals surface area contributed by atoms with Crippen LogP contribution in [0.1, 0.15) is 39.5 Å². The van der Waals surface area contributed by atoms with E-state index in [0.29, 0.717) is 0 Å². The van der Waals surface area contributed by atoms with Gasteiger partial charge in [-0.2, -0.15) is 0 Å². The largest absolute Gasteiger partial charge is 0.373 e. The monoisotopic (exact) mass is 284 g/mol. The Bertz CT molecular complexity index is 288. The highest BCUT2D eigenvalue weighted by Gasteiger charge is 2.29. The van der Waals surface area contributed by atoms with Gasteiger partial charge in [0.2, 0.25) is 0 Å². The molecule has 0 aromatic rings. The second-order valence-corrected chi connectivity index (χ2v) is 5.91. The molecule has 5 heteroatoms. The van der Waals surface area contributed by atoms with Gasteiger partial charge in [0.1, 0.15) is 0 Å². The first-order chi connectivity index (χ1) is 9.59. The van der Waals surface area contributed by atoms with Crippen LogP contribution in [0.2, 0.25) is 0 Å². The van der Waals surface area contributed by atoms with Crippen LogP contribution in [0.4, 0.5) is 0 Å². The summed E-state index contributed by atoms with van der Waals surface area (Å²) >= 11 is 0. The van der Waals surface area contributed by atoms with Crippen LogP contribution in [0.15, 0.2) is 4.99 Å². The summed E-state index contributed by atoms with van der Waals surface area (Å²) in [6, 6.07) is 0. The van der Waals surface area contributed by atoms with Crippen molar-refractivity contribution >= 4 is 5.96 Å². The molecule has 0 aliphatic carbocycles. The predicted molar refractivity (Wildman–Crippen MR) is 85.4 cm³/mol. The Labute approximate surface area is 124 Å². The van der Waals surface area contributed by atoms with Crippen LogP contribution in [0, 0.1) is 0 Å². The van der Waals surface area contributed by atoms with Crippen LogP contribution < -0.4 is 10.6 Å². The highest BCUT2D eigenvalue weighted by molar-refractivity contribution is 5.79. The summed E-state index contributed by atoms with van der Waals surface area (Å²) in [6.45, 7) is 9.20. The van der Waals surface area contributed by atoms with Crippen molar-refractivity contribution in [1.82, 2.24) is 15.5 Å². The van der Waals surface area contributed by atoms with Crippen molar-refractivity contribution in [1.29, 1.82) is 0 Å². The molecule has 2 N–H and O–H groups in total. The van der Waals surface area contributed by atoms with Gasteiger partial charge in [-0.25, -0.2) is 0 Å². The van der Waals surface area contributed by atoms with Gasteiger partial charge < -0.3 is 20.3 Å². The Morgan fingerprint density at radius 2 is 2.15 bits per heavy atom. The second kappa shape index (κ2) is 9.19. The Morgan fingerprint density at radius 3 is 2.75 bits per heavy atom. The third kappa shape index (κ3) is 6.57. The molecule has 1 aliphatic heterocycles. The highest BCUT2D eigenvalue weighted by Crippen LogP contribution is 2.23. The number of rotatable bonds is 8. The zero-order chi connectivity index (χ0) is 14.8. The highest BCUT2D eigenvalue weighted by atomic mass is 16.5. The quantitative estimate of drug-likeness (QED) is 0.523. The minimum Gasteiger partial charge on any atom is -0.373 e. The van der Waals surface area contributed by atoms with E-state index in [1.165, 1.54) is 12.8 Å². The van der Waals surface area contributed by atoms with Gasteiger partial charge in [0, 0.05) is 33.3 Å². The molecule has 1 heterocycles. The number of nitrogens with zero attached hydrogens (tertiary/aromatic N) is 2. The molecule has 0 saturated carbocycles. The molecule has 1 saturated heterocycles. The molecule has 0 spiro atoms. The van der Waals surface area contributed by atoms with Crippen LogP contribution >= 0.6 is 0 Å². The molecule has 1 rings (SSSR count). The minimum absolute atomic E-state index is 0.0322. The van der Waals surface area contributed by atoms with Gasteiger partial charge in [0.15, 0.2) is 5.96 Å². The standard InChI is InChI=1S/C15H32N4O/c1-5-6-10-19(4)11-9-17-14(16-3)18-13-15(2)8-7-12-20-15/h5-13H2,1-4H3,(H2,16,17,18). The third-order valence-electron chi connectivity index (χ3n) is 3.83. The van der Waals surface area contributed by atoms with Crippen LogP contribution in [0.5, 0.6) is 0 Å². The maximum absolute atomic E-state index is 5.77. The zero-order valence-electron chi connectivity index (χ0n) is 13.7. The molecule has 0 aromatic heterocycles. The number of aliphatic imine (C=N–C) groups is 1. The molecule has 118 valence electrons. The minimum atomic E-state index is -0.0322. The third-order valence-corrected chi connectivity index (χ3v) is 3.83. The molecule has 5 nitrogen and oxygen atoms in total.